The zero-order chi connectivity index (χ0) is 30.2. The van der Waals surface area contributed by atoms with Gasteiger partial charge in [-0.05, 0) is 44.6 Å². The van der Waals surface area contributed by atoms with Gasteiger partial charge in [0.05, 0.1) is 30.1 Å². The van der Waals surface area contributed by atoms with Crippen molar-refractivity contribution < 1.29 is 24.2 Å². The zero-order valence-electron chi connectivity index (χ0n) is 25.4. The van der Waals surface area contributed by atoms with Crippen molar-refractivity contribution in [3.05, 3.63) is 61.2 Å². The Bertz CT molecular complexity index is 1200. The molecule has 3 unspecified atom stereocenters. The number of carbonyl (C=O) groups is 3. The highest BCUT2D eigenvalue weighted by molar-refractivity contribution is 5.99. The van der Waals surface area contributed by atoms with Gasteiger partial charge in [-0.1, -0.05) is 68.7 Å². The number of aliphatic hydroxyl groups excluding tert-OH is 1. The fourth-order valence-corrected chi connectivity index (χ4v) is 8.39. The number of aliphatic hydroxyl groups is 1. The monoisotopic (exact) mass is 577 g/mol. The molecule has 1 aliphatic carbocycles. The highest BCUT2D eigenvalue weighted by Gasteiger charge is 2.80. The van der Waals surface area contributed by atoms with Gasteiger partial charge >= 0.3 is 0 Å². The fourth-order valence-electron chi connectivity index (χ4n) is 8.39. The highest BCUT2D eigenvalue weighted by Crippen LogP contribution is 2.66. The number of hydrogen-bond acceptors (Lipinski definition) is 5. The van der Waals surface area contributed by atoms with Crippen LogP contribution < -0.4 is 0 Å². The minimum absolute atomic E-state index is 0.0555. The van der Waals surface area contributed by atoms with E-state index in [1.165, 1.54) is 0 Å². The van der Waals surface area contributed by atoms with Gasteiger partial charge < -0.3 is 24.5 Å². The van der Waals surface area contributed by atoms with Crippen LogP contribution in [0.2, 0.25) is 0 Å². The maximum Gasteiger partial charge on any atom is 0.248 e. The normalized spacial score (nSPS) is 32.9. The first-order valence-electron chi connectivity index (χ1n) is 15.6. The number of carbonyl (C=O) groups excluding carboxylic acids is 3. The highest BCUT2D eigenvalue weighted by atomic mass is 16.5. The van der Waals surface area contributed by atoms with Crippen molar-refractivity contribution in [1.29, 1.82) is 0 Å². The van der Waals surface area contributed by atoms with E-state index in [1.54, 1.807) is 28.9 Å². The average molecular weight is 578 g/mol. The second-order valence-corrected chi connectivity index (χ2v) is 13.0. The number of rotatable bonds is 11. The van der Waals surface area contributed by atoms with Gasteiger partial charge in [0.15, 0.2) is 0 Å². The molecule has 0 radical (unpaired) electrons. The summed E-state index contributed by atoms with van der Waals surface area (Å²) >= 11 is 0. The molecule has 1 spiro atoms. The molecule has 228 valence electrons. The molecule has 5 rings (SSSR count). The Hall–Kier alpha value is -2.97. The Morgan fingerprint density at radius 3 is 2.40 bits per heavy atom. The molecule has 3 saturated heterocycles. The van der Waals surface area contributed by atoms with Crippen molar-refractivity contribution in [2.45, 2.75) is 95.2 Å². The molecular formula is C34H47N3O5. The van der Waals surface area contributed by atoms with E-state index in [0.29, 0.717) is 26.1 Å². The Balaban J connectivity index is 1.57. The third-order valence-electron chi connectivity index (χ3n) is 10.5. The summed E-state index contributed by atoms with van der Waals surface area (Å²) in [5.74, 6) is -2.22. The molecule has 3 heterocycles. The summed E-state index contributed by atoms with van der Waals surface area (Å²) in [5.41, 5.74) is -1.07. The molecule has 0 aromatic heterocycles. The average Bonchev–Trinajstić information content (AvgIpc) is 3.52. The SMILES string of the molecule is C=CCN(Cc1ccccc1)C(=O)[C@@H]1[C@H]2C(=O)N([C@H](C)CO)C(C(=O)N(CC=C)C3CCCCC3)C23CC(C)[C@@]1(C)O3. The molecular weight excluding hydrogens is 530 g/mol. The number of fused-ring (bicyclic) bond motifs is 1. The number of ether oxygens (including phenoxy) is 1. The molecule has 1 aromatic carbocycles. The second kappa shape index (κ2) is 12.0. The first-order chi connectivity index (χ1) is 20.1. The minimum Gasteiger partial charge on any atom is -0.394 e. The molecule has 4 aliphatic rings. The summed E-state index contributed by atoms with van der Waals surface area (Å²) < 4.78 is 6.95. The number of nitrogens with zero attached hydrogens (tertiary/aromatic N) is 3. The van der Waals surface area contributed by atoms with E-state index in [1.807, 2.05) is 42.2 Å². The van der Waals surface area contributed by atoms with Crippen LogP contribution in [0, 0.1) is 17.8 Å². The van der Waals surface area contributed by atoms with E-state index >= 15 is 0 Å². The van der Waals surface area contributed by atoms with Crippen LogP contribution in [0.3, 0.4) is 0 Å². The van der Waals surface area contributed by atoms with Gasteiger partial charge in [-0.2, -0.15) is 0 Å². The number of likely N-dealkylation sites (tertiary alicyclic amines) is 1. The van der Waals surface area contributed by atoms with Crippen molar-refractivity contribution in [3.8, 4) is 0 Å². The van der Waals surface area contributed by atoms with E-state index < -0.39 is 35.1 Å². The van der Waals surface area contributed by atoms with Gasteiger partial charge in [0, 0.05) is 25.7 Å². The first kappa shape index (κ1) is 30.5. The minimum atomic E-state index is -1.15. The summed E-state index contributed by atoms with van der Waals surface area (Å²) in [6.45, 7) is 14.4. The lowest BCUT2D eigenvalue weighted by Crippen LogP contribution is -2.60. The lowest BCUT2D eigenvalue weighted by atomic mass is 9.62. The summed E-state index contributed by atoms with van der Waals surface area (Å²) in [6, 6.07) is 8.33. The van der Waals surface area contributed by atoms with Crippen LogP contribution in [0.25, 0.3) is 0 Å². The summed E-state index contributed by atoms with van der Waals surface area (Å²) in [7, 11) is 0. The van der Waals surface area contributed by atoms with Gasteiger partial charge in [-0.25, -0.2) is 0 Å². The molecule has 8 nitrogen and oxygen atoms in total. The number of benzene rings is 1. The maximum absolute atomic E-state index is 14.7. The fraction of sp³-hybridized carbons (Fsp3) is 0.618. The Kier molecular flexibility index (Phi) is 8.68. The molecule has 2 bridgehead atoms. The van der Waals surface area contributed by atoms with Crippen LogP contribution in [0.1, 0.15) is 64.9 Å². The van der Waals surface area contributed by atoms with Gasteiger partial charge in [-0.3, -0.25) is 14.4 Å². The summed E-state index contributed by atoms with van der Waals surface area (Å²) in [4.78, 5) is 48.9. The largest absolute Gasteiger partial charge is 0.394 e. The van der Waals surface area contributed by atoms with E-state index in [4.69, 9.17) is 4.74 Å². The van der Waals surface area contributed by atoms with Crippen molar-refractivity contribution >= 4 is 17.7 Å². The third kappa shape index (κ3) is 4.80. The van der Waals surface area contributed by atoms with Gasteiger partial charge in [0.25, 0.3) is 0 Å². The van der Waals surface area contributed by atoms with Crippen LogP contribution in [0.15, 0.2) is 55.6 Å². The van der Waals surface area contributed by atoms with E-state index in [-0.39, 0.29) is 36.3 Å². The molecule has 1 aromatic rings. The molecule has 1 saturated carbocycles. The molecule has 4 fully saturated rings. The lowest BCUT2D eigenvalue weighted by Gasteiger charge is -2.42. The second-order valence-electron chi connectivity index (χ2n) is 13.0. The van der Waals surface area contributed by atoms with Crippen molar-refractivity contribution in [2.75, 3.05) is 19.7 Å². The predicted molar refractivity (Wildman–Crippen MR) is 161 cm³/mol. The van der Waals surface area contributed by atoms with Crippen LogP contribution in [0.4, 0.5) is 0 Å². The van der Waals surface area contributed by atoms with Crippen LogP contribution >= 0.6 is 0 Å². The molecule has 3 aliphatic heterocycles. The predicted octanol–water partition coefficient (Wildman–Crippen LogP) is 3.94. The van der Waals surface area contributed by atoms with Crippen molar-refractivity contribution in [2.24, 2.45) is 17.8 Å². The van der Waals surface area contributed by atoms with Crippen LogP contribution in [0.5, 0.6) is 0 Å². The third-order valence-corrected chi connectivity index (χ3v) is 10.5. The van der Waals surface area contributed by atoms with Gasteiger partial charge in [0.1, 0.15) is 11.6 Å². The van der Waals surface area contributed by atoms with Gasteiger partial charge in [-0.15, -0.1) is 13.2 Å². The van der Waals surface area contributed by atoms with Crippen LogP contribution in [-0.4, -0.2) is 86.6 Å². The Morgan fingerprint density at radius 1 is 1.12 bits per heavy atom. The molecule has 1 N–H and O–H groups in total. The first-order valence-corrected chi connectivity index (χ1v) is 15.6. The van der Waals surface area contributed by atoms with Crippen molar-refractivity contribution in [3.63, 3.8) is 0 Å². The van der Waals surface area contributed by atoms with Gasteiger partial charge in [0.2, 0.25) is 17.7 Å². The maximum atomic E-state index is 14.7. The summed E-state index contributed by atoms with van der Waals surface area (Å²) in [5, 5.41) is 10.3. The molecule has 3 amide bonds. The van der Waals surface area contributed by atoms with E-state index in [2.05, 4.69) is 20.1 Å². The smallest absolute Gasteiger partial charge is 0.248 e. The van der Waals surface area contributed by atoms with E-state index in [9.17, 15) is 19.5 Å². The standard InChI is InChI=1S/C34H47N3O5/c1-6-18-35(21-25-14-10-8-11-15-25)30(39)27-28-31(40)37(24(4)22-38)29(34(28)20-23(3)33(27,5)42-34)32(41)36(19-7-2)26-16-12-9-13-17-26/h6-8,10-11,14-15,23-24,26-29,38H,1-2,9,12-13,16-22H2,3-5H3/t23?,24-,27+,28+,29?,33-,34?/m1/s1. The zero-order valence-corrected chi connectivity index (χ0v) is 25.4. The van der Waals surface area contributed by atoms with E-state index in [0.717, 1.165) is 37.7 Å². The van der Waals surface area contributed by atoms with Crippen LogP contribution in [-0.2, 0) is 25.7 Å². The molecule has 7 atom stereocenters. The number of amides is 3. The van der Waals surface area contributed by atoms with Crippen molar-refractivity contribution in [1.82, 2.24) is 14.7 Å². The Labute approximate surface area is 250 Å². The number of hydrogen-bond donors (Lipinski definition) is 1. The quantitative estimate of drug-likeness (QED) is 0.403. The lowest BCUT2D eigenvalue weighted by molar-refractivity contribution is -0.158. The molecule has 8 heteroatoms. The topological polar surface area (TPSA) is 90.4 Å². The molecule has 42 heavy (non-hydrogen) atoms. The summed E-state index contributed by atoms with van der Waals surface area (Å²) in [6.07, 6.45) is 9.05. The Morgan fingerprint density at radius 2 is 1.79 bits per heavy atom.